The molecule has 11 heteroatoms. The quantitative estimate of drug-likeness (QED) is 0.664. The van der Waals surface area contributed by atoms with Crippen molar-refractivity contribution < 1.29 is 23.1 Å². The van der Waals surface area contributed by atoms with E-state index in [9.17, 15) is 13.2 Å². The molecule has 4 N–H and O–H groups in total. The maximum atomic E-state index is 10.6. The molecule has 0 amide bonds. The van der Waals surface area contributed by atoms with E-state index in [-0.39, 0.29) is 0 Å². The number of fused-ring (bicyclic) bond motifs is 1. The second-order valence-corrected chi connectivity index (χ2v) is 6.04. The van der Waals surface area contributed by atoms with Gasteiger partial charge in [-0.3, -0.25) is 4.98 Å². The molecule has 0 saturated carbocycles. The highest BCUT2D eigenvalue weighted by Gasteiger charge is 2.38. The zero-order valence-corrected chi connectivity index (χ0v) is 14.8. The Bertz CT molecular complexity index is 825. The van der Waals surface area contributed by atoms with Gasteiger partial charge in [0.2, 0.25) is 0 Å². The summed E-state index contributed by atoms with van der Waals surface area (Å²) < 4.78 is 33.9. The first kappa shape index (κ1) is 20.1. The van der Waals surface area contributed by atoms with Gasteiger partial charge in [0, 0.05) is 43.3 Å². The predicted octanol–water partition coefficient (Wildman–Crippen LogP) is 2.57. The van der Waals surface area contributed by atoms with Crippen LogP contribution in [0.2, 0.25) is 5.02 Å². The molecule has 3 heterocycles. The number of pyridine rings is 1. The lowest BCUT2D eigenvalue weighted by molar-refractivity contribution is -0.192. The average Bonchev–Trinajstić information content (AvgIpc) is 2.87. The zero-order valence-electron chi connectivity index (χ0n) is 13.2. The van der Waals surface area contributed by atoms with Gasteiger partial charge < -0.3 is 20.7 Å². The van der Waals surface area contributed by atoms with Gasteiger partial charge in [0.05, 0.1) is 16.3 Å². The van der Waals surface area contributed by atoms with Crippen molar-refractivity contribution in [2.24, 2.45) is 5.73 Å². The number of hydrogen-bond acceptors (Lipinski definition) is 4. The number of aromatic nitrogens is 2. The molecule has 0 atom stereocenters. The molecule has 2 aromatic heterocycles. The van der Waals surface area contributed by atoms with E-state index in [2.05, 4.69) is 14.9 Å². The van der Waals surface area contributed by atoms with Crippen LogP contribution in [0.4, 0.5) is 13.2 Å². The highest BCUT2D eigenvalue weighted by Crippen LogP contribution is 2.36. The number of nitrogens with two attached hydrogens (primary N) is 1. The number of thiocarbonyl (C=S) groups is 1. The number of carbonyl (C=O) groups is 1. The molecular weight excluding hydrogens is 393 g/mol. The fraction of sp³-hybridized carbons (Fsp3) is 0.267. The second kappa shape index (κ2) is 8.02. The minimum Gasteiger partial charge on any atom is -0.475 e. The number of carboxylic acids is 1. The summed E-state index contributed by atoms with van der Waals surface area (Å²) in [4.78, 5) is 13.4. The molecule has 0 fully saturated rings. The molecule has 26 heavy (non-hydrogen) atoms. The summed E-state index contributed by atoms with van der Waals surface area (Å²) in [6.45, 7) is 2.48. The molecule has 0 unspecified atom stereocenters. The van der Waals surface area contributed by atoms with E-state index < -0.39 is 12.1 Å². The summed E-state index contributed by atoms with van der Waals surface area (Å²) in [6, 6.07) is 3.89. The van der Waals surface area contributed by atoms with Gasteiger partial charge in [-0.15, -0.1) is 0 Å². The van der Waals surface area contributed by atoms with Crippen molar-refractivity contribution in [2.75, 3.05) is 6.54 Å². The topological polar surface area (TPSA) is 93.2 Å². The maximum absolute atomic E-state index is 10.6. The number of nitrogens with zero attached hydrogens (tertiary/aromatic N) is 2. The molecule has 3 rings (SSSR count). The Hall–Kier alpha value is -2.17. The van der Waals surface area contributed by atoms with Crippen LogP contribution in [0.15, 0.2) is 24.5 Å². The standard InChI is InChI=1S/C13H13ClN4S.C2HF3O2/c14-11-10(13(15)19)9-7-17-4-5-18(9)12(11)8-2-1-3-16-6-8;3-2(4,5)1(6)7/h1-3,6,17H,4-5,7H2,(H2,15,19);(H,6,7). The molecule has 2 aromatic rings. The van der Waals surface area contributed by atoms with Crippen LogP contribution in [0.5, 0.6) is 0 Å². The van der Waals surface area contributed by atoms with Crippen LogP contribution < -0.4 is 11.1 Å². The van der Waals surface area contributed by atoms with Crippen LogP contribution in [0.1, 0.15) is 11.3 Å². The Labute approximate surface area is 156 Å². The Balaban J connectivity index is 0.000000298. The molecule has 0 saturated heterocycles. The van der Waals surface area contributed by atoms with Gasteiger partial charge in [0.1, 0.15) is 4.99 Å². The average molecular weight is 407 g/mol. The van der Waals surface area contributed by atoms with Gasteiger partial charge in [-0.05, 0) is 12.1 Å². The molecule has 1 aliphatic rings. The third-order valence-electron chi connectivity index (χ3n) is 3.54. The Morgan fingerprint density at radius 3 is 2.62 bits per heavy atom. The van der Waals surface area contributed by atoms with Crippen LogP contribution in [0, 0.1) is 0 Å². The maximum Gasteiger partial charge on any atom is 0.490 e. The number of rotatable bonds is 2. The summed E-state index contributed by atoms with van der Waals surface area (Å²) in [7, 11) is 0. The monoisotopic (exact) mass is 406 g/mol. The highest BCUT2D eigenvalue weighted by atomic mass is 35.5. The Morgan fingerprint density at radius 1 is 1.46 bits per heavy atom. The fourth-order valence-electron chi connectivity index (χ4n) is 2.50. The van der Waals surface area contributed by atoms with Crippen LogP contribution in [-0.2, 0) is 17.9 Å². The third-order valence-corrected chi connectivity index (χ3v) is 4.11. The molecule has 0 spiro atoms. The lowest BCUT2D eigenvalue weighted by Crippen LogP contribution is -2.29. The van der Waals surface area contributed by atoms with Gasteiger partial charge in [-0.2, -0.15) is 13.2 Å². The molecule has 0 aromatic carbocycles. The number of alkyl halides is 3. The van der Waals surface area contributed by atoms with Crippen LogP contribution in [-0.4, -0.2) is 38.3 Å². The second-order valence-electron chi connectivity index (χ2n) is 5.22. The van der Waals surface area contributed by atoms with E-state index in [0.717, 1.165) is 42.1 Å². The normalized spacial score (nSPS) is 13.4. The fourth-order valence-corrected chi connectivity index (χ4v) is 3.20. The van der Waals surface area contributed by atoms with Crippen molar-refractivity contribution in [2.45, 2.75) is 19.3 Å². The summed E-state index contributed by atoms with van der Waals surface area (Å²) in [5, 5.41) is 11.1. The minimum atomic E-state index is -5.08. The van der Waals surface area contributed by atoms with Crippen molar-refractivity contribution >= 4 is 34.8 Å². The van der Waals surface area contributed by atoms with Gasteiger partial charge in [-0.25, -0.2) is 4.79 Å². The predicted molar refractivity (Wildman–Crippen MR) is 94.0 cm³/mol. The van der Waals surface area contributed by atoms with E-state index in [1.54, 1.807) is 12.4 Å². The first-order valence-corrected chi connectivity index (χ1v) is 8.05. The van der Waals surface area contributed by atoms with Crippen molar-refractivity contribution in [3.8, 4) is 11.3 Å². The summed E-state index contributed by atoms with van der Waals surface area (Å²) in [5.74, 6) is -2.76. The largest absolute Gasteiger partial charge is 0.490 e. The highest BCUT2D eigenvalue weighted by molar-refractivity contribution is 7.80. The Kier molecular flexibility index (Phi) is 6.21. The number of carboxylic acid groups (broad SMARTS) is 1. The lowest BCUT2D eigenvalue weighted by atomic mass is 10.2. The summed E-state index contributed by atoms with van der Waals surface area (Å²) in [5.41, 5.74) is 9.60. The van der Waals surface area contributed by atoms with Gasteiger partial charge in [0.15, 0.2) is 0 Å². The third kappa shape index (κ3) is 4.32. The number of hydrogen-bond donors (Lipinski definition) is 3. The van der Waals surface area contributed by atoms with E-state index in [1.807, 2.05) is 12.1 Å². The van der Waals surface area contributed by atoms with E-state index >= 15 is 0 Å². The minimum absolute atomic E-state index is 0.340. The molecule has 0 aliphatic carbocycles. The van der Waals surface area contributed by atoms with E-state index in [4.69, 9.17) is 39.5 Å². The summed E-state index contributed by atoms with van der Waals surface area (Å²) >= 11 is 11.6. The molecule has 1 aliphatic heterocycles. The first-order valence-electron chi connectivity index (χ1n) is 7.26. The van der Waals surface area contributed by atoms with Crippen molar-refractivity contribution in [1.29, 1.82) is 0 Å². The van der Waals surface area contributed by atoms with Crippen LogP contribution in [0.25, 0.3) is 11.3 Å². The van der Waals surface area contributed by atoms with Crippen molar-refractivity contribution in [3.05, 3.63) is 40.8 Å². The Morgan fingerprint density at radius 2 is 2.12 bits per heavy atom. The zero-order chi connectivity index (χ0) is 19.5. The van der Waals surface area contributed by atoms with Gasteiger partial charge in [-0.1, -0.05) is 23.8 Å². The van der Waals surface area contributed by atoms with Gasteiger partial charge in [0.25, 0.3) is 0 Å². The number of halogens is 4. The van der Waals surface area contributed by atoms with Crippen molar-refractivity contribution in [1.82, 2.24) is 14.9 Å². The van der Waals surface area contributed by atoms with Gasteiger partial charge >= 0.3 is 12.1 Å². The SMILES string of the molecule is NC(=S)c1c(Cl)c(-c2cccnc2)n2c1CNCC2.O=C(O)C(F)(F)F. The molecule has 0 radical (unpaired) electrons. The van der Waals surface area contributed by atoms with Crippen molar-refractivity contribution in [3.63, 3.8) is 0 Å². The lowest BCUT2D eigenvalue weighted by Gasteiger charge is -2.19. The number of nitrogens with one attached hydrogen (secondary N) is 1. The van der Waals surface area contributed by atoms with E-state index in [0.29, 0.717) is 10.0 Å². The summed E-state index contributed by atoms with van der Waals surface area (Å²) in [6.07, 6.45) is -1.53. The molecular formula is C15H14ClF3N4O2S. The smallest absolute Gasteiger partial charge is 0.475 e. The molecule has 6 nitrogen and oxygen atoms in total. The van der Waals surface area contributed by atoms with Crippen LogP contribution in [0.3, 0.4) is 0 Å². The number of aliphatic carboxylic acids is 1. The van der Waals surface area contributed by atoms with E-state index in [1.165, 1.54) is 0 Å². The van der Waals surface area contributed by atoms with Crippen LogP contribution >= 0.6 is 23.8 Å². The molecule has 0 bridgehead atoms. The first-order chi connectivity index (χ1) is 12.1. The molecule has 140 valence electrons.